The van der Waals surface area contributed by atoms with E-state index >= 15 is 0 Å². The van der Waals surface area contributed by atoms with Crippen molar-refractivity contribution in [2.45, 2.75) is 6.04 Å². The fourth-order valence-electron chi connectivity index (χ4n) is 2.41. The van der Waals surface area contributed by atoms with Gasteiger partial charge in [0.1, 0.15) is 0 Å². The number of rotatable bonds is 5. The summed E-state index contributed by atoms with van der Waals surface area (Å²) in [5, 5.41) is 6.13. The first-order valence-electron chi connectivity index (χ1n) is 7.19. The number of halogens is 1. The van der Waals surface area contributed by atoms with E-state index in [1.54, 1.807) is 0 Å². The Labute approximate surface area is 134 Å². The van der Waals surface area contributed by atoms with E-state index in [1.807, 2.05) is 24.3 Å². The predicted molar refractivity (Wildman–Crippen MR) is 89.6 cm³/mol. The number of amides is 1. The van der Waals surface area contributed by atoms with E-state index in [9.17, 15) is 4.79 Å². The Balaban J connectivity index is 1.70. The monoisotopic (exact) mass is 354 g/mol. The largest absolute Gasteiger partial charge is 0.325 e. The molecule has 5 nitrogen and oxygen atoms in total. The summed E-state index contributed by atoms with van der Waals surface area (Å²) in [5.74, 6) is -0.0101. The molecule has 2 N–H and O–H groups in total. The SMILES string of the molecule is CN1CCN(C)C(CNCC(=O)Nc2ccc(Br)cc2)C1. The van der Waals surface area contributed by atoms with Crippen LogP contribution in [0.1, 0.15) is 0 Å². The van der Waals surface area contributed by atoms with Gasteiger partial charge in [0.25, 0.3) is 0 Å². The second-order valence-electron chi connectivity index (χ2n) is 5.58. The van der Waals surface area contributed by atoms with Gasteiger partial charge in [-0.1, -0.05) is 15.9 Å². The Kier molecular flexibility index (Phi) is 6.17. The van der Waals surface area contributed by atoms with Crippen molar-refractivity contribution >= 4 is 27.5 Å². The molecule has 1 aromatic carbocycles. The summed E-state index contributed by atoms with van der Waals surface area (Å²) in [6, 6.07) is 8.05. The summed E-state index contributed by atoms with van der Waals surface area (Å²) in [7, 11) is 4.28. The van der Waals surface area contributed by atoms with Crippen LogP contribution >= 0.6 is 15.9 Å². The van der Waals surface area contributed by atoms with Gasteiger partial charge in [0, 0.05) is 42.4 Å². The number of hydrogen-bond acceptors (Lipinski definition) is 4. The topological polar surface area (TPSA) is 47.6 Å². The number of benzene rings is 1. The third-order valence-corrected chi connectivity index (χ3v) is 4.30. The van der Waals surface area contributed by atoms with Crippen molar-refractivity contribution in [3.63, 3.8) is 0 Å². The van der Waals surface area contributed by atoms with Crippen molar-refractivity contribution in [2.75, 3.05) is 52.1 Å². The van der Waals surface area contributed by atoms with E-state index in [-0.39, 0.29) is 5.91 Å². The zero-order valence-electron chi connectivity index (χ0n) is 12.6. The van der Waals surface area contributed by atoms with Crippen LogP contribution in [0.15, 0.2) is 28.7 Å². The summed E-state index contributed by atoms with van der Waals surface area (Å²) < 4.78 is 1.00. The zero-order chi connectivity index (χ0) is 15.2. The Bertz CT molecular complexity index is 465. The molecule has 0 aliphatic carbocycles. The van der Waals surface area contributed by atoms with E-state index in [2.05, 4.69) is 50.5 Å². The highest BCUT2D eigenvalue weighted by molar-refractivity contribution is 9.10. The molecule has 1 aromatic rings. The minimum atomic E-state index is -0.0101. The number of carbonyl (C=O) groups is 1. The maximum atomic E-state index is 11.9. The average Bonchev–Trinajstić information content (AvgIpc) is 2.45. The van der Waals surface area contributed by atoms with Gasteiger partial charge in [-0.15, -0.1) is 0 Å². The molecule has 1 heterocycles. The second kappa shape index (κ2) is 7.89. The van der Waals surface area contributed by atoms with Crippen molar-refractivity contribution < 1.29 is 4.79 Å². The van der Waals surface area contributed by atoms with E-state index < -0.39 is 0 Å². The standard InChI is InChI=1S/C15H23BrN4O/c1-19-7-8-20(2)14(11-19)9-17-10-15(21)18-13-5-3-12(16)4-6-13/h3-6,14,17H,7-11H2,1-2H3,(H,18,21). The number of anilines is 1. The molecule has 0 radical (unpaired) electrons. The summed E-state index contributed by atoms with van der Waals surface area (Å²) >= 11 is 3.37. The van der Waals surface area contributed by atoms with Gasteiger partial charge >= 0.3 is 0 Å². The van der Waals surface area contributed by atoms with E-state index in [0.29, 0.717) is 12.6 Å². The molecule has 1 saturated heterocycles. The summed E-state index contributed by atoms with van der Waals surface area (Å²) in [4.78, 5) is 16.6. The Morgan fingerprint density at radius 2 is 2.00 bits per heavy atom. The lowest BCUT2D eigenvalue weighted by atomic mass is 10.2. The molecule has 21 heavy (non-hydrogen) atoms. The molecule has 2 rings (SSSR count). The van der Waals surface area contributed by atoms with Gasteiger partial charge in [0.05, 0.1) is 6.54 Å². The highest BCUT2D eigenvalue weighted by Crippen LogP contribution is 2.13. The van der Waals surface area contributed by atoms with Gasteiger partial charge in [-0.25, -0.2) is 0 Å². The minimum absolute atomic E-state index is 0.0101. The molecule has 0 bridgehead atoms. The number of piperazine rings is 1. The van der Waals surface area contributed by atoms with Crippen LogP contribution in [0.4, 0.5) is 5.69 Å². The molecule has 1 amide bonds. The zero-order valence-corrected chi connectivity index (χ0v) is 14.2. The summed E-state index contributed by atoms with van der Waals surface area (Å²) in [6.07, 6.45) is 0. The number of carbonyl (C=O) groups excluding carboxylic acids is 1. The molecular formula is C15H23BrN4O. The van der Waals surface area contributed by atoms with Crippen LogP contribution in [-0.4, -0.2) is 68.6 Å². The first-order chi connectivity index (χ1) is 10.0. The normalized spacial score (nSPS) is 20.4. The van der Waals surface area contributed by atoms with Crippen LogP contribution in [-0.2, 0) is 4.79 Å². The van der Waals surface area contributed by atoms with Gasteiger partial charge in [0.2, 0.25) is 5.91 Å². The van der Waals surface area contributed by atoms with Gasteiger partial charge in [-0.3, -0.25) is 9.69 Å². The quantitative estimate of drug-likeness (QED) is 0.834. The van der Waals surface area contributed by atoms with Crippen molar-refractivity contribution in [3.8, 4) is 0 Å². The average molecular weight is 355 g/mol. The summed E-state index contributed by atoms with van der Waals surface area (Å²) in [6.45, 7) is 4.39. The number of nitrogens with one attached hydrogen (secondary N) is 2. The number of likely N-dealkylation sites (N-methyl/N-ethyl adjacent to an activating group) is 2. The van der Waals surface area contributed by atoms with Crippen LogP contribution < -0.4 is 10.6 Å². The number of hydrogen-bond donors (Lipinski definition) is 2. The second-order valence-corrected chi connectivity index (χ2v) is 6.50. The van der Waals surface area contributed by atoms with Crippen LogP contribution in [0.3, 0.4) is 0 Å². The molecule has 1 fully saturated rings. The summed E-state index contributed by atoms with van der Waals surface area (Å²) in [5.41, 5.74) is 0.819. The minimum Gasteiger partial charge on any atom is -0.325 e. The predicted octanol–water partition coefficient (Wildman–Crippen LogP) is 1.22. The Morgan fingerprint density at radius 3 is 2.71 bits per heavy atom. The molecule has 0 aromatic heterocycles. The van der Waals surface area contributed by atoms with Crippen molar-refractivity contribution in [2.24, 2.45) is 0 Å². The maximum absolute atomic E-state index is 11.9. The lowest BCUT2D eigenvalue weighted by Gasteiger charge is -2.37. The van der Waals surface area contributed by atoms with Crippen LogP contribution in [0, 0.1) is 0 Å². The smallest absolute Gasteiger partial charge is 0.238 e. The van der Waals surface area contributed by atoms with Crippen LogP contribution in [0.5, 0.6) is 0 Å². The van der Waals surface area contributed by atoms with E-state index in [1.165, 1.54) is 0 Å². The molecule has 1 aliphatic heterocycles. The third-order valence-electron chi connectivity index (χ3n) is 3.77. The fraction of sp³-hybridized carbons (Fsp3) is 0.533. The van der Waals surface area contributed by atoms with Gasteiger partial charge in [-0.05, 0) is 38.4 Å². The molecule has 0 spiro atoms. The van der Waals surface area contributed by atoms with Crippen molar-refractivity contribution in [1.29, 1.82) is 0 Å². The van der Waals surface area contributed by atoms with Gasteiger partial charge in [-0.2, -0.15) is 0 Å². The Morgan fingerprint density at radius 1 is 1.29 bits per heavy atom. The van der Waals surface area contributed by atoms with Crippen molar-refractivity contribution in [1.82, 2.24) is 15.1 Å². The fourth-order valence-corrected chi connectivity index (χ4v) is 2.68. The van der Waals surface area contributed by atoms with Crippen molar-refractivity contribution in [3.05, 3.63) is 28.7 Å². The van der Waals surface area contributed by atoms with E-state index in [0.717, 1.165) is 36.3 Å². The lowest BCUT2D eigenvalue weighted by molar-refractivity contribution is -0.115. The first kappa shape index (κ1) is 16.4. The lowest BCUT2D eigenvalue weighted by Crippen LogP contribution is -2.54. The van der Waals surface area contributed by atoms with Crippen LogP contribution in [0.2, 0.25) is 0 Å². The first-order valence-corrected chi connectivity index (χ1v) is 7.99. The molecular weight excluding hydrogens is 332 g/mol. The number of nitrogens with zero attached hydrogens (tertiary/aromatic N) is 2. The van der Waals surface area contributed by atoms with E-state index in [4.69, 9.17) is 0 Å². The Hall–Kier alpha value is -0.950. The molecule has 1 unspecified atom stereocenters. The molecule has 116 valence electrons. The molecule has 1 atom stereocenters. The highest BCUT2D eigenvalue weighted by Gasteiger charge is 2.21. The molecule has 1 aliphatic rings. The van der Waals surface area contributed by atoms with Crippen LogP contribution in [0.25, 0.3) is 0 Å². The molecule has 6 heteroatoms. The molecule has 0 saturated carbocycles. The third kappa shape index (κ3) is 5.39. The highest BCUT2D eigenvalue weighted by atomic mass is 79.9. The van der Waals surface area contributed by atoms with Gasteiger partial charge in [0.15, 0.2) is 0 Å². The van der Waals surface area contributed by atoms with Gasteiger partial charge < -0.3 is 15.5 Å². The maximum Gasteiger partial charge on any atom is 0.238 e.